The summed E-state index contributed by atoms with van der Waals surface area (Å²) in [6.45, 7) is 9.56. The average Bonchev–Trinajstić information content (AvgIpc) is 3.07. The van der Waals surface area contributed by atoms with Crippen LogP contribution in [0.5, 0.6) is 0 Å². The number of carbonyl (C=O) groups excluding carboxylic acids is 2. The van der Waals surface area contributed by atoms with Gasteiger partial charge in [-0.25, -0.2) is 0 Å². The van der Waals surface area contributed by atoms with Crippen molar-refractivity contribution in [3.63, 3.8) is 0 Å². The van der Waals surface area contributed by atoms with E-state index in [4.69, 9.17) is 0 Å². The number of aromatic nitrogens is 3. The predicted molar refractivity (Wildman–Crippen MR) is 96.0 cm³/mol. The van der Waals surface area contributed by atoms with E-state index in [1.807, 2.05) is 20.8 Å². The van der Waals surface area contributed by atoms with E-state index in [0.29, 0.717) is 5.56 Å². The Hall–Kier alpha value is -2.61. The molecule has 0 aromatic carbocycles. The van der Waals surface area contributed by atoms with Crippen molar-refractivity contribution < 1.29 is 9.59 Å². The van der Waals surface area contributed by atoms with Crippen molar-refractivity contribution >= 4 is 23.3 Å². The standard InChI is InChI=1S/C17H21N5O2S/c1-5-10-22(16(24)13-11-25-21-20-13)14(12-6-8-18-9-7-12)15(23)19-17(2,3)4/h5-9,11,14H,1,10H2,2-4H3,(H,19,23)/t14-/m0/s1. The summed E-state index contributed by atoms with van der Waals surface area (Å²) in [5.74, 6) is -0.656. The van der Waals surface area contributed by atoms with Crippen LogP contribution < -0.4 is 5.32 Å². The minimum absolute atomic E-state index is 0.195. The van der Waals surface area contributed by atoms with Crippen LogP contribution in [0, 0.1) is 0 Å². The number of rotatable bonds is 6. The van der Waals surface area contributed by atoms with Gasteiger partial charge in [-0.2, -0.15) is 0 Å². The number of hydrogen-bond acceptors (Lipinski definition) is 6. The van der Waals surface area contributed by atoms with Gasteiger partial charge in [0.1, 0.15) is 6.04 Å². The maximum atomic E-state index is 13.0. The van der Waals surface area contributed by atoms with Crippen molar-refractivity contribution in [2.75, 3.05) is 6.54 Å². The first-order valence-corrected chi connectivity index (χ1v) is 8.58. The van der Waals surface area contributed by atoms with Crippen molar-refractivity contribution in [2.24, 2.45) is 0 Å². The molecule has 2 aromatic rings. The highest BCUT2D eigenvalue weighted by Gasteiger charge is 2.33. The minimum atomic E-state index is -0.825. The van der Waals surface area contributed by atoms with Crippen LogP contribution in [-0.4, -0.2) is 43.4 Å². The van der Waals surface area contributed by atoms with Gasteiger partial charge in [-0.05, 0) is 50.0 Å². The SMILES string of the molecule is C=CCN(C(=O)c1csnn1)[C@H](C(=O)NC(C)(C)C)c1ccncc1. The Balaban J connectivity index is 2.45. The van der Waals surface area contributed by atoms with Crippen molar-refractivity contribution in [1.29, 1.82) is 0 Å². The third kappa shape index (κ3) is 4.93. The topological polar surface area (TPSA) is 88.1 Å². The van der Waals surface area contributed by atoms with Crippen LogP contribution >= 0.6 is 11.5 Å². The van der Waals surface area contributed by atoms with Gasteiger partial charge in [0, 0.05) is 29.9 Å². The molecule has 2 rings (SSSR count). The molecule has 0 radical (unpaired) electrons. The molecule has 0 unspecified atom stereocenters. The maximum absolute atomic E-state index is 13.0. The highest BCUT2D eigenvalue weighted by Crippen LogP contribution is 2.23. The zero-order valence-electron chi connectivity index (χ0n) is 14.5. The summed E-state index contributed by atoms with van der Waals surface area (Å²) in [6, 6.07) is 2.61. The highest BCUT2D eigenvalue weighted by molar-refractivity contribution is 7.03. The molecule has 0 saturated heterocycles. The van der Waals surface area contributed by atoms with E-state index >= 15 is 0 Å². The molecule has 0 saturated carbocycles. The molecule has 7 nitrogen and oxygen atoms in total. The number of nitrogens with zero attached hydrogens (tertiary/aromatic N) is 4. The first kappa shape index (κ1) is 18.7. The molecule has 2 amide bonds. The van der Waals surface area contributed by atoms with E-state index in [2.05, 4.69) is 26.5 Å². The van der Waals surface area contributed by atoms with Gasteiger partial charge < -0.3 is 10.2 Å². The summed E-state index contributed by atoms with van der Waals surface area (Å²) < 4.78 is 3.73. The molecular weight excluding hydrogens is 338 g/mol. The van der Waals surface area contributed by atoms with E-state index in [0.717, 1.165) is 11.5 Å². The largest absolute Gasteiger partial charge is 0.349 e. The minimum Gasteiger partial charge on any atom is -0.349 e. The summed E-state index contributed by atoms with van der Waals surface area (Å²) in [5, 5.41) is 8.32. The van der Waals surface area contributed by atoms with Gasteiger partial charge in [-0.1, -0.05) is 10.6 Å². The number of carbonyl (C=O) groups is 2. The predicted octanol–water partition coefficient (Wildman–Crippen LogP) is 2.22. The van der Waals surface area contributed by atoms with Crippen molar-refractivity contribution in [3.05, 3.63) is 53.8 Å². The molecule has 2 aromatic heterocycles. The summed E-state index contributed by atoms with van der Waals surface area (Å²) in [7, 11) is 0. The fourth-order valence-electron chi connectivity index (χ4n) is 2.31. The monoisotopic (exact) mass is 359 g/mol. The average molecular weight is 359 g/mol. The summed E-state index contributed by atoms with van der Waals surface area (Å²) >= 11 is 1.08. The molecule has 0 bridgehead atoms. The Morgan fingerprint density at radius 3 is 2.56 bits per heavy atom. The molecular formula is C17H21N5O2S. The first-order valence-electron chi connectivity index (χ1n) is 7.74. The lowest BCUT2D eigenvalue weighted by Gasteiger charge is -2.32. The van der Waals surface area contributed by atoms with Crippen LogP contribution in [0.25, 0.3) is 0 Å². The lowest BCUT2D eigenvalue weighted by atomic mass is 10.0. The Kier molecular flexibility index (Phi) is 5.97. The van der Waals surface area contributed by atoms with Gasteiger partial charge in [0.2, 0.25) is 5.91 Å². The first-order chi connectivity index (χ1) is 11.8. The van der Waals surface area contributed by atoms with Crippen molar-refractivity contribution in [2.45, 2.75) is 32.4 Å². The summed E-state index contributed by atoms with van der Waals surface area (Å²) in [5.41, 5.74) is 0.428. The van der Waals surface area contributed by atoms with Crippen LogP contribution in [0.4, 0.5) is 0 Å². The Morgan fingerprint density at radius 2 is 2.04 bits per heavy atom. The third-order valence-corrected chi connectivity index (χ3v) is 3.75. The molecule has 0 spiro atoms. The molecule has 0 aliphatic rings. The van der Waals surface area contributed by atoms with Crippen LogP contribution in [0.2, 0.25) is 0 Å². The van der Waals surface area contributed by atoms with Gasteiger partial charge in [-0.3, -0.25) is 14.6 Å². The Labute approximate surface area is 150 Å². The van der Waals surface area contributed by atoms with Crippen molar-refractivity contribution in [1.82, 2.24) is 24.8 Å². The molecule has 132 valence electrons. The van der Waals surface area contributed by atoms with E-state index in [1.54, 1.807) is 36.0 Å². The number of hydrogen-bond donors (Lipinski definition) is 1. The van der Waals surface area contributed by atoms with Crippen LogP contribution in [0.3, 0.4) is 0 Å². The normalized spacial score (nSPS) is 12.3. The zero-order valence-corrected chi connectivity index (χ0v) is 15.3. The third-order valence-electron chi connectivity index (χ3n) is 3.25. The maximum Gasteiger partial charge on any atom is 0.276 e. The highest BCUT2D eigenvalue weighted by atomic mass is 32.1. The molecule has 0 aliphatic heterocycles. The lowest BCUT2D eigenvalue weighted by molar-refractivity contribution is -0.127. The van der Waals surface area contributed by atoms with Gasteiger partial charge in [-0.15, -0.1) is 11.7 Å². The van der Waals surface area contributed by atoms with Gasteiger partial charge in [0.25, 0.3) is 5.91 Å². The van der Waals surface area contributed by atoms with Gasteiger partial charge in [0.05, 0.1) is 0 Å². The second kappa shape index (κ2) is 7.98. The molecule has 2 heterocycles. The van der Waals surface area contributed by atoms with Crippen LogP contribution in [0.15, 0.2) is 42.6 Å². The van der Waals surface area contributed by atoms with Gasteiger partial charge >= 0.3 is 0 Å². The fraction of sp³-hybridized carbons (Fsp3) is 0.353. The smallest absolute Gasteiger partial charge is 0.276 e. The Bertz CT molecular complexity index is 725. The van der Waals surface area contributed by atoms with Crippen LogP contribution in [-0.2, 0) is 4.79 Å². The molecule has 0 aliphatic carbocycles. The summed E-state index contributed by atoms with van der Waals surface area (Å²) in [4.78, 5) is 31.2. The molecule has 8 heteroatoms. The van der Waals surface area contributed by atoms with E-state index in [1.165, 1.54) is 4.90 Å². The molecule has 1 N–H and O–H groups in total. The Morgan fingerprint density at radius 1 is 1.36 bits per heavy atom. The zero-order chi connectivity index (χ0) is 18.4. The quantitative estimate of drug-likeness (QED) is 0.799. The number of nitrogens with one attached hydrogen (secondary N) is 1. The fourth-order valence-corrected chi connectivity index (χ4v) is 2.74. The molecule has 1 atom stereocenters. The second-order valence-electron chi connectivity index (χ2n) is 6.46. The molecule has 25 heavy (non-hydrogen) atoms. The molecule has 0 fully saturated rings. The van der Waals surface area contributed by atoms with Crippen LogP contribution in [0.1, 0.15) is 42.9 Å². The number of amides is 2. The second-order valence-corrected chi connectivity index (χ2v) is 7.07. The summed E-state index contributed by atoms with van der Waals surface area (Å²) in [6.07, 6.45) is 4.76. The van der Waals surface area contributed by atoms with E-state index in [-0.39, 0.29) is 24.1 Å². The van der Waals surface area contributed by atoms with E-state index < -0.39 is 11.6 Å². The van der Waals surface area contributed by atoms with Gasteiger partial charge in [0.15, 0.2) is 5.69 Å². The number of pyridine rings is 1. The lowest BCUT2D eigenvalue weighted by Crippen LogP contribution is -2.49. The van der Waals surface area contributed by atoms with E-state index in [9.17, 15) is 9.59 Å². The van der Waals surface area contributed by atoms with Crippen molar-refractivity contribution in [3.8, 4) is 0 Å².